The second-order valence-electron chi connectivity index (χ2n) is 6.00. The average Bonchev–Trinajstić information content (AvgIpc) is 2.41. The van der Waals surface area contributed by atoms with Crippen molar-refractivity contribution < 1.29 is 9.47 Å². The molecule has 1 aliphatic carbocycles. The Hall–Kier alpha value is -0.770. The Balaban J connectivity index is 2.14. The molecule has 2 rings (SSSR count). The minimum atomic E-state index is 0.113. The molecule has 1 aliphatic rings. The van der Waals surface area contributed by atoms with E-state index < -0.39 is 0 Å². The van der Waals surface area contributed by atoms with Gasteiger partial charge in [0.05, 0.1) is 0 Å². The fraction of sp³-hybridized carbons (Fsp3) is 0.647. The van der Waals surface area contributed by atoms with E-state index in [9.17, 15) is 0 Å². The number of hydrogen-bond donors (Lipinski definition) is 1. The smallest absolute Gasteiger partial charge is 0.128 e. The third-order valence-electron chi connectivity index (χ3n) is 4.17. The van der Waals surface area contributed by atoms with E-state index in [0.717, 1.165) is 28.3 Å². The number of rotatable bonds is 6. The molecule has 0 saturated heterocycles. The standard InChI is InChI=1S/C17H26ClNO2/c1-6-20-17-14(19-5)9-16(17)21-15-8-12(10(2)3)13(18)7-11(15)4/h7-8,10,14,16-17,19H,6,9H2,1-5H3. The Morgan fingerprint density at radius 3 is 2.67 bits per heavy atom. The summed E-state index contributed by atoms with van der Waals surface area (Å²) in [5, 5.41) is 4.10. The van der Waals surface area contributed by atoms with Gasteiger partial charge in [0.25, 0.3) is 0 Å². The monoisotopic (exact) mass is 311 g/mol. The lowest BCUT2D eigenvalue weighted by Crippen LogP contribution is -2.60. The highest BCUT2D eigenvalue weighted by atomic mass is 35.5. The van der Waals surface area contributed by atoms with E-state index >= 15 is 0 Å². The van der Waals surface area contributed by atoms with Gasteiger partial charge in [-0.15, -0.1) is 0 Å². The van der Waals surface area contributed by atoms with Crippen molar-refractivity contribution in [1.82, 2.24) is 5.32 Å². The van der Waals surface area contributed by atoms with Crippen molar-refractivity contribution in [2.45, 2.75) is 58.3 Å². The zero-order valence-corrected chi connectivity index (χ0v) is 14.3. The molecule has 0 spiro atoms. The molecule has 0 radical (unpaired) electrons. The lowest BCUT2D eigenvalue weighted by Gasteiger charge is -2.43. The number of hydrogen-bond acceptors (Lipinski definition) is 3. The predicted octanol–water partition coefficient (Wildman–Crippen LogP) is 3.92. The molecule has 3 nitrogen and oxygen atoms in total. The van der Waals surface area contributed by atoms with E-state index in [1.165, 1.54) is 0 Å². The minimum Gasteiger partial charge on any atom is -0.487 e. The van der Waals surface area contributed by atoms with E-state index in [4.69, 9.17) is 21.1 Å². The van der Waals surface area contributed by atoms with Crippen molar-refractivity contribution in [1.29, 1.82) is 0 Å². The number of aryl methyl sites for hydroxylation is 1. The highest BCUT2D eigenvalue weighted by Crippen LogP contribution is 2.35. The molecule has 1 fully saturated rings. The first-order valence-corrected chi connectivity index (χ1v) is 8.11. The Morgan fingerprint density at radius 1 is 1.38 bits per heavy atom. The van der Waals surface area contributed by atoms with E-state index in [1.807, 2.05) is 27.0 Å². The summed E-state index contributed by atoms with van der Waals surface area (Å²) in [6.45, 7) is 9.05. The van der Waals surface area contributed by atoms with Crippen LogP contribution in [0, 0.1) is 6.92 Å². The lowest BCUT2D eigenvalue weighted by molar-refractivity contribution is -0.103. The second kappa shape index (κ2) is 6.99. The summed E-state index contributed by atoms with van der Waals surface area (Å²) in [4.78, 5) is 0. The fourth-order valence-electron chi connectivity index (χ4n) is 2.80. The van der Waals surface area contributed by atoms with Gasteiger partial charge >= 0.3 is 0 Å². The van der Waals surface area contributed by atoms with Gasteiger partial charge in [-0.3, -0.25) is 0 Å². The van der Waals surface area contributed by atoms with Crippen molar-refractivity contribution >= 4 is 11.6 Å². The summed E-state index contributed by atoms with van der Waals surface area (Å²) in [6.07, 6.45) is 1.21. The van der Waals surface area contributed by atoms with Gasteiger partial charge in [0.15, 0.2) is 0 Å². The van der Waals surface area contributed by atoms with Crippen molar-refractivity contribution in [3.8, 4) is 5.75 Å². The number of likely N-dealkylation sites (N-methyl/N-ethyl adjacent to an activating group) is 1. The molecule has 1 N–H and O–H groups in total. The van der Waals surface area contributed by atoms with Crippen molar-refractivity contribution in [2.24, 2.45) is 0 Å². The maximum atomic E-state index is 6.31. The van der Waals surface area contributed by atoms with Crippen LogP contribution in [0.25, 0.3) is 0 Å². The van der Waals surface area contributed by atoms with Gasteiger partial charge in [-0.25, -0.2) is 0 Å². The second-order valence-corrected chi connectivity index (χ2v) is 6.41. The van der Waals surface area contributed by atoms with Crippen LogP contribution in [0.15, 0.2) is 12.1 Å². The number of halogens is 1. The summed E-state index contributed by atoms with van der Waals surface area (Å²) in [5.41, 5.74) is 2.21. The van der Waals surface area contributed by atoms with Gasteiger partial charge in [-0.05, 0) is 50.1 Å². The van der Waals surface area contributed by atoms with Crippen LogP contribution in [0.4, 0.5) is 0 Å². The van der Waals surface area contributed by atoms with E-state index in [0.29, 0.717) is 18.6 Å². The van der Waals surface area contributed by atoms with Crippen molar-refractivity contribution in [3.63, 3.8) is 0 Å². The Bertz CT molecular complexity index is 490. The van der Waals surface area contributed by atoms with E-state index in [2.05, 4.69) is 25.2 Å². The van der Waals surface area contributed by atoms with E-state index in [1.54, 1.807) is 0 Å². The quantitative estimate of drug-likeness (QED) is 0.864. The summed E-state index contributed by atoms with van der Waals surface area (Å²) >= 11 is 6.31. The maximum absolute atomic E-state index is 6.31. The molecule has 0 aliphatic heterocycles. The zero-order valence-electron chi connectivity index (χ0n) is 13.6. The van der Waals surface area contributed by atoms with Crippen LogP contribution in [-0.4, -0.2) is 31.9 Å². The highest BCUT2D eigenvalue weighted by molar-refractivity contribution is 6.31. The van der Waals surface area contributed by atoms with Crippen LogP contribution >= 0.6 is 11.6 Å². The molecular formula is C17H26ClNO2. The van der Waals surface area contributed by atoms with Crippen LogP contribution in [0.2, 0.25) is 5.02 Å². The SMILES string of the molecule is CCOC1C(NC)CC1Oc1cc(C(C)C)c(Cl)cc1C. The molecule has 0 amide bonds. The highest BCUT2D eigenvalue weighted by Gasteiger charge is 2.43. The Labute approximate surface area is 133 Å². The van der Waals surface area contributed by atoms with Gasteiger partial charge < -0.3 is 14.8 Å². The van der Waals surface area contributed by atoms with Crippen LogP contribution in [0.5, 0.6) is 5.75 Å². The van der Waals surface area contributed by atoms with Crippen molar-refractivity contribution in [3.05, 3.63) is 28.3 Å². The van der Waals surface area contributed by atoms with Crippen molar-refractivity contribution in [2.75, 3.05) is 13.7 Å². The minimum absolute atomic E-state index is 0.113. The maximum Gasteiger partial charge on any atom is 0.128 e. The first-order valence-electron chi connectivity index (χ1n) is 7.73. The number of nitrogens with one attached hydrogen (secondary N) is 1. The van der Waals surface area contributed by atoms with Crippen LogP contribution in [-0.2, 0) is 4.74 Å². The molecule has 0 bridgehead atoms. The molecule has 4 heteroatoms. The molecule has 1 aromatic rings. The summed E-state index contributed by atoms with van der Waals surface area (Å²) in [6, 6.07) is 4.46. The summed E-state index contributed by atoms with van der Waals surface area (Å²) < 4.78 is 12.0. The summed E-state index contributed by atoms with van der Waals surface area (Å²) in [5.74, 6) is 1.31. The Morgan fingerprint density at radius 2 is 2.10 bits per heavy atom. The third-order valence-corrected chi connectivity index (χ3v) is 4.50. The normalized spacial score (nSPS) is 25.0. The number of ether oxygens (including phenoxy) is 2. The van der Waals surface area contributed by atoms with Gasteiger partial charge in [0, 0.05) is 24.1 Å². The van der Waals surface area contributed by atoms with Gasteiger partial charge in [-0.2, -0.15) is 0 Å². The molecule has 1 saturated carbocycles. The van der Waals surface area contributed by atoms with Gasteiger partial charge in [0.2, 0.25) is 0 Å². The van der Waals surface area contributed by atoms with Gasteiger partial charge in [-0.1, -0.05) is 25.4 Å². The molecular weight excluding hydrogens is 286 g/mol. The molecule has 0 heterocycles. The van der Waals surface area contributed by atoms with E-state index in [-0.39, 0.29) is 12.2 Å². The average molecular weight is 312 g/mol. The molecule has 0 aromatic heterocycles. The fourth-order valence-corrected chi connectivity index (χ4v) is 3.23. The molecule has 3 atom stereocenters. The Kier molecular flexibility index (Phi) is 5.53. The first-order chi connectivity index (χ1) is 9.97. The summed E-state index contributed by atoms with van der Waals surface area (Å²) in [7, 11) is 1.97. The van der Waals surface area contributed by atoms with Gasteiger partial charge in [0.1, 0.15) is 18.0 Å². The van der Waals surface area contributed by atoms with Crippen LogP contribution < -0.4 is 10.1 Å². The predicted molar refractivity (Wildman–Crippen MR) is 87.6 cm³/mol. The van der Waals surface area contributed by atoms with Crippen LogP contribution in [0.3, 0.4) is 0 Å². The molecule has 1 aromatic carbocycles. The molecule has 21 heavy (non-hydrogen) atoms. The van der Waals surface area contributed by atoms with Crippen LogP contribution in [0.1, 0.15) is 44.2 Å². The third kappa shape index (κ3) is 3.53. The zero-order chi connectivity index (χ0) is 15.6. The lowest BCUT2D eigenvalue weighted by atomic mass is 9.85. The number of benzene rings is 1. The topological polar surface area (TPSA) is 30.5 Å². The largest absolute Gasteiger partial charge is 0.487 e. The molecule has 3 unspecified atom stereocenters. The molecule has 118 valence electrons. The first kappa shape index (κ1) is 16.6.